The molecule has 0 aromatic heterocycles. The maximum atomic E-state index is 14.6. The number of hydrogen-bond donors (Lipinski definition) is 5. The van der Waals surface area contributed by atoms with Crippen molar-refractivity contribution in [3.8, 4) is 0 Å². The molecular formula is C35H52N6O7. The molecule has 6 N–H and O–H groups in total. The number of hydrogen-bond acceptors (Lipinski definition) is 7. The standard InChI is InChI=1S/C35H52N6O7/c1-19(2)24-13-14-41(28(24)31(44)38-25(15-20-11-12-20)29(42)30(36)43)32(45)27(23-16-21-9-7-8-10-22(21)17-23)40-33(46)39-26(35(3,4)5)18-48-34(47)37-6/h7-10,19-20,23-28H,11-18H2,1-6H3,(H2,36,43)(H,37,47)(H,38,44)(H2,39,40,46)/t24?,25?,26-,27+,28+/m1/s1. The summed E-state index contributed by atoms with van der Waals surface area (Å²) in [6, 6.07) is 3.81. The average Bonchev–Trinajstić information content (AvgIpc) is 3.55. The Morgan fingerprint density at radius 2 is 1.58 bits per heavy atom. The molecule has 1 aliphatic heterocycles. The number of urea groups is 1. The maximum absolute atomic E-state index is 14.6. The van der Waals surface area contributed by atoms with Crippen LogP contribution in [0.25, 0.3) is 0 Å². The van der Waals surface area contributed by atoms with E-state index in [1.54, 1.807) is 0 Å². The van der Waals surface area contributed by atoms with Crippen LogP contribution in [0.5, 0.6) is 0 Å². The number of carbonyl (C=O) groups is 6. The van der Waals surface area contributed by atoms with E-state index in [1.807, 2.05) is 58.9 Å². The van der Waals surface area contributed by atoms with Crippen LogP contribution in [0.1, 0.15) is 71.4 Å². The van der Waals surface area contributed by atoms with Gasteiger partial charge in [-0.05, 0) is 65.9 Å². The highest BCUT2D eigenvalue weighted by molar-refractivity contribution is 6.37. The number of nitrogens with zero attached hydrogens (tertiary/aromatic N) is 1. The number of amides is 6. The third-order valence-electron chi connectivity index (χ3n) is 10.0. The highest BCUT2D eigenvalue weighted by atomic mass is 16.5. The molecule has 264 valence electrons. The van der Waals surface area contributed by atoms with Gasteiger partial charge in [0.15, 0.2) is 0 Å². The summed E-state index contributed by atoms with van der Waals surface area (Å²) < 4.78 is 5.26. The number of fused-ring (bicyclic) bond motifs is 1. The van der Waals surface area contributed by atoms with Gasteiger partial charge in [0.1, 0.15) is 18.7 Å². The summed E-state index contributed by atoms with van der Waals surface area (Å²) in [7, 11) is 1.45. The number of rotatable bonds is 13. The highest BCUT2D eigenvalue weighted by Gasteiger charge is 2.48. The van der Waals surface area contributed by atoms with Crippen LogP contribution in [-0.2, 0) is 36.8 Å². The number of carbonyl (C=O) groups excluding carboxylic acids is 6. The second kappa shape index (κ2) is 15.4. The van der Waals surface area contributed by atoms with Gasteiger partial charge < -0.3 is 36.6 Å². The number of nitrogens with one attached hydrogen (secondary N) is 4. The second-order valence-electron chi connectivity index (χ2n) is 14.9. The summed E-state index contributed by atoms with van der Waals surface area (Å²) in [5.41, 5.74) is 7.03. The van der Waals surface area contributed by atoms with Crippen molar-refractivity contribution in [1.29, 1.82) is 0 Å². The molecular weight excluding hydrogens is 616 g/mol. The van der Waals surface area contributed by atoms with E-state index in [9.17, 15) is 28.8 Å². The summed E-state index contributed by atoms with van der Waals surface area (Å²) in [5, 5.41) is 11.0. The van der Waals surface area contributed by atoms with E-state index in [1.165, 1.54) is 11.9 Å². The minimum absolute atomic E-state index is 0.0329. The van der Waals surface area contributed by atoms with Crippen molar-refractivity contribution < 1.29 is 33.5 Å². The number of nitrogens with two attached hydrogens (primary N) is 1. The molecule has 13 nitrogen and oxygen atoms in total. The Morgan fingerprint density at radius 1 is 0.958 bits per heavy atom. The van der Waals surface area contributed by atoms with E-state index in [4.69, 9.17) is 10.5 Å². The van der Waals surface area contributed by atoms with Gasteiger partial charge in [-0.25, -0.2) is 9.59 Å². The minimum atomic E-state index is -1.11. The van der Waals surface area contributed by atoms with E-state index in [2.05, 4.69) is 21.3 Å². The molecule has 1 saturated heterocycles. The van der Waals surface area contributed by atoms with Gasteiger partial charge in [0.2, 0.25) is 17.6 Å². The quantitative estimate of drug-likeness (QED) is 0.199. The van der Waals surface area contributed by atoms with Crippen LogP contribution in [0.2, 0.25) is 0 Å². The summed E-state index contributed by atoms with van der Waals surface area (Å²) in [6.45, 7) is 9.89. The molecule has 1 aromatic carbocycles. The van der Waals surface area contributed by atoms with Gasteiger partial charge in [-0.3, -0.25) is 19.2 Å². The fourth-order valence-corrected chi connectivity index (χ4v) is 6.91. The van der Waals surface area contributed by atoms with Crippen LogP contribution in [0, 0.1) is 29.1 Å². The van der Waals surface area contributed by atoms with Gasteiger partial charge >= 0.3 is 12.1 Å². The molecule has 1 aromatic rings. The molecule has 3 aliphatic rings. The predicted molar refractivity (Wildman–Crippen MR) is 178 cm³/mol. The molecule has 2 fully saturated rings. The van der Waals surface area contributed by atoms with Gasteiger partial charge in [-0.2, -0.15) is 0 Å². The zero-order valence-corrected chi connectivity index (χ0v) is 29.0. The van der Waals surface area contributed by atoms with Crippen molar-refractivity contribution in [2.45, 2.75) is 97.3 Å². The Balaban J connectivity index is 1.60. The molecule has 5 atom stereocenters. The SMILES string of the molecule is CNC(=O)OC[C@@H](NC(=O)N[C@H](C(=O)N1CCC(C(C)C)[C@H]1C(=O)NC(CC1CC1)C(=O)C(N)=O)C1Cc2ccccc2C1)C(C)(C)C. The Kier molecular flexibility index (Phi) is 11.7. The first-order chi connectivity index (χ1) is 22.6. The number of primary amides is 1. The van der Waals surface area contributed by atoms with Crippen LogP contribution in [0.3, 0.4) is 0 Å². The summed E-state index contributed by atoms with van der Waals surface area (Å²) in [4.78, 5) is 80.2. The molecule has 0 bridgehead atoms. The van der Waals surface area contributed by atoms with Crippen LogP contribution in [0.15, 0.2) is 24.3 Å². The number of ether oxygens (including phenoxy) is 1. The Morgan fingerprint density at radius 3 is 2.10 bits per heavy atom. The normalized spacial score (nSPS) is 21.1. The zero-order valence-electron chi connectivity index (χ0n) is 29.0. The largest absolute Gasteiger partial charge is 0.447 e. The fraction of sp³-hybridized carbons (Fsp3) is 0.657. The van der Waals surface area contributed by atoms with Gasteiger partial charge in [0.05, 0.1) is 12.1 Å². The third-order valence-corrected chi connectivity index (χ3v) is 10.0. The third kappa shape index (κ3) is 9.04. The molecule has 2 unspecified atom stereocenters. The van der Waals surface area contributed by atoms with E-state index in [-0.39, 0.29) is 36.2 Å². The summed E-state index contributed by atoms with van der Waals surface area (Å²) in [5.74, 6) is -3.07. The summed E-state index contributed by atoms with van der Waals surface area (Å²) in [6.07, 6.45) is 3.20. The molecule has 4 rings (SSSR count). The molecule has 13 heteroatoms. The number of Topliss-reactive ketones (excluding diaryl/α,β-unsaturated/α-hetero) is 1. The van der Waals surface area contributed by atoms with Crippen molar-refractivity contribution in [2.24, 2.45) is 34.8 Å². The van der Waals surface area contributed by atoms with Crippen molar-refractivity contribution in [3.05, 3.63) is 35.4 Å². The highest BCUT2D eigenvalue weighted by Crippen LogP contribution is 2.36. The molecule has 2 aliphatic carbocycles. The molecule has 0 radical (unpaired) electrons. The molecule has 1 heterocycles. The first-order valence-electron chi connectivity index (χ1n) is 17.0. The number of benzene rings is 1. The van der Waals surface area contributed by atoms with Crippen molar-refractivity contribution >= 4 is 35.6 Å². The lowest BCUT2D eigenvalue weighted by Gasteiger charge is -2.35. The Hall–Kier alpha value is -4.16. The lowest BCUT2D eigenvalue weighted by atomic mass is 9.87. The van der Waals surface area contributed by atoms with Gasteiger partial charge in [0.25, 0.3) is 5.91 Å². The van der Waals surface area contributed by atoms with Crippen LogP contribution in [0.4, 0.5) is 9.59 Å². The number of likely N-dealkylation sites (tertiary alicyclic amines) is 1. The van der Waals surface area contributed by atoms with Crippen LogP contribution < -0.4 is 27.0 Å². The Labute approximate surface area is 282 Å². The van der Waals surface area contributed by atoms with Crippen LogP contribution >= 0.6 is 0 Å². The summed E-state index contributed by atoms with van der Waals surface area (Å²) >= 11 is 0. The lowest BCUT2D eigenvalue weighted by molar-refractivity contribution is -0.143. The van der Waals surface area contributed by atoms with E-state index < -0.39 is 59.3 Å². The second-order valence-corrected chi connectivity index (χ2v) is 14.9. The molecule has 1 saturated carbocycles. The first kappa shape index (κ1) is 36.7. The van der Waals surface area contributed by atoms with E-state index in [0.29, 0.717) is 32.2 Å². The zero-order chi connectivity index (χ0) is 35.3. The van der Waals surface area contributed by atoms with E-state index >= 15 is 0 Å². The minimum Gasteiger partial charge on any atom is -0.447 e. The smallest absolute Gasteiger partial charge is 0.406 e. The van der Waals surface area contributed by atoms with Gasteiger partial charge in [0, 0.05) is 13.6 Å². The predicted octanol–water partition coefficient (Wildman–Crippen LogP) is 2.05. The van der Waals surface area contributed by atoms with E-state index in [0.717, 1.165) is 24.0 Å². The maximum Gasteiger partial charge on any atom is 0.406 e. The lowest BCUT2D eigenvalue weighted by Crippen LogP contribution is -2.61. The average molecular weight is 669 g/mol. The fourth-order valence-electron chi connectivity index (χ4n) is 6.91. The molecule has 6 amide bonds. The van der Waals surface area contributed by atoms with Crippen LogP contribution in [-0.4, -0.2) is 84.9 Å². The van der Waals surface area contributed by atoms with Gasteiger partial charge in [-0.15, -0.1) is 0 Å². The first-order valence-corrected chi connectivity index (χ1v) is 17.0. The van der Waals surface area contributed by atoms with Crippen molar-refractivity contribution in [2.75, 3.05) is 20.2 Å². The van der Waals surface area contributed by atoms with Gasteiger partial charge in [-0.1, -0.05) is 71.7 Å². The number of alkyl carbamates (subject to hydrolysis) is 1. The monoisotopic (exact) mass is 668 g/mol. The topological polar surface area (TPSA) is 189 Å². The molecule has 0 spiro atoms. The number of ketones is 1. The van der Waals surface area contributed by atoms with Crippen molar-refractivity contribution in [3.63, 3.8) is 0 Å². The molecule has 48 heavy (non-hydrogen) atoms. The Bertz CT molecular complexity index is 1360. The van der Waals surface area contributed by atoms with Crippen molar-refractivity contribution in [1.82, 2.24) is 26.2 Å².